The summed E-state index contributed by atoms with van der Waals surface area (Å²) in [5.74, 6) is -0.0971. The number of anilines is 1. The molecule has 1 heterocycles. The number of carbonyl (C=O) groups excluding carboxylic acids is 1. The zero-order valence-electron chi connectivity index (χ0n) is 17.6. The van der Waals surface area contributed by atoms with Gasteiger partial charge in [-0.15, -0.1) is 9.19 Å². The van der Waals surface area contributed by atoms with Gasteiger partial charge in [-0.1, -0.05) is 66.7 Å². The summed E-state index contributed by atoms with van der Waals surface area (Å²) in [5.41, 5.74) is 7.01. The minimum atomic E-state index is -3.98. The standard InChI is InChI=1S/C24H22N4O3S/c1-24(2,19-13-9-12-18(16-19)21(29)17-10-5-3-6-11-17)22-26-23(25)28(27-22)32(30,31)20-14-7-4-8-15-20/h3-16H,1-2H3,(H2,25,26,27). The lowest BCUT2D eigenvalue weighted by Crippen LogP contribution is -2.23. The van der Waals surface area contributed by atoms with E-state index in [1.165, 1.54) is 12.1 Å². The highest BCUT2D eigenvalue weighted by Crippen LogP contribution is 2.31. The number of rotatable bonds is 6. The molecule has 0 spiro atoms. The number of nitrogens with zero attached hydrogens (tertiary/aromatic N) is 3. The quantitative estimate of drug-likeness (QED) is 0.453. The molecule has 8 heteroatoms. The average molecular weight is 447 g/mol. The van der Waals surface area contributed by atoms with E-state index in [2.05, 4.69) is 10.1 Å². The fraction of sp³-hybridized carbons (Fsp3) is 0.125. The zero-order chi connectivity index (χ0) is 22.9. The van der Waals surface area contributed by atoms with Crippen molar-refractivity contribution in [1.82, 2.24) is 14.2 Å². The second-order valence-corrected chi connectivity index (χ2v) is 9.62. The van der Waals surface area contributed by atoms with Gasteiger partial charge in [0.25, 0.3) is 10.0 Å². The summed E-state index contributed by atoms with van der Waals surface area (Å²) in [4.78, 5) is 17.2. The van der Waals surface area contributed by atoms with E-state index in [1.54, 1.807) is 48.5 Å². The first-order valence-corrected chi connectivity index (χ1v) is 11.4. The Labute approximate surface area is 186 Å². The summed E-state index contributed by atoms with van der Waals surface area (Å²) in [7, 11) is -3.98. The van der Waals surface area contributed by atoms with Crippen LogP contribution in [0.25, 0.3) is 0 Å². The van der Waals surface area contributed by atoms with Gasteiger partial charge in [0.15, 0.2) is 11.6 Å². The van der Waals surface area contributed by atoms with Crippen molar-refractivity contribution >= 4 is 21.8 Å². The average Bonchev–Trinajstić information content (AvgIpc) is 3.23. The molecule has 0 aliphatic heterocycles. The Morgan fingerprint density at radius 2 is 1.47 bits per heavy atom. The van der Waals surface area contributed by atoms with E-state index in [9.17, 15) is 13.2 Å². The molecule has 0 unspecified atom stereocenters. The Morgan fingerprint density at radius 3 is 2.12 bits per heavy atom. The van der Waals surface area contributed by atoms with Gasteiger partial charge in [0.05, 0.1) is 10.3 Å². The number of carbonyl (C=O) groups is 1. The lowest BCUT2D eigenvalue weighted by molar-refractivity contribution is 0.103. The van der Waals surface area contributed by atoms with Gasteiger partial charge in [0, 0.05) is 11.1 Å². The van der Waals surface area contributed by atoms with Gasteiger partial charge >= 0.3 is 0 Å². The van der Waals surface area contributed by atoms with E-state index in [0.29, 0.717) is 11.1 Å². The van der Waals surface area contributed by atoms with Crippen molar-refractivity contribution in [3.8, 4) is 0 Å². The molecular weight excluding hydrogens is 424 g/mol. The van der Waals surface area contributed by atoms with Crippen LogP contribution in [0, 0.1) is 0 Å². The lowest BCUT2D eigenvalue weighted by atomic mass is 9.82. The van der Waals surface area contributed by atoms with Crippen LogP contribution < -0.4 is 5.73 Å². The Bertz CT molecular complexity index is 1380. The van der Waals surface area contributed by atoms with Crippen molar-refractivity contribution in [2.24, 2.45) is 0 Å². The number of benzene rings is 3. The fourth-order valence-corrected chi connectivity index (χ4v) is 4.55. The second kappa shape index (κ2) is 8.05. The predicted octanol–water partition coefficient (Wildman–Crippen LogP) is 3.65. The molecule has 4 rings (SSSR count). The zero-order valence-corrected chi connectivity index (χ0v) is 18.5. The molecule has 0 bridgehead atoms. The van der Waals surface area contributed by atoms with Crippen LogP contribution in [0.1, 0.15) is 41.2 Å². The molecule has 4 aromatic rings. The molecule has 0 fully saturated rings. The highest BCUT2D eigenvalue weighted by Gasteiger charge is 2.32. The molecule has 32 heavy (non-hydrogen) atoms. The summed E-state index contributed by atoms with van der Waals surface area (Å²) in [6.07, 6.45) is 0. The van der Waals surface area contributed by atoms with Gasteiger partial charge in [-0.3, -0.25) is 4.79 Å². The first-order valence-electron chi connectivity index (χ1n) is 9.95. The largest absolute Gasteiger partial charge is 0.367 e. The third-order valence-corrected chi connectivity index (χ3v) is 6.90. The monoisotopic (exact) mass is 446 g/mol. The highest BCUT2D eigenvalue weighted by molar-refractivity contribution is 7.90. The number of hydrogen-bond acceptors (Lipinski definition) is 6. The van der Waals surface area contributed by atoms with Crippen LogP contribution in [0.3, 0.4) is 0 Å². The van der Waals surface area contributed by atoms with Crippen molar-refractivity contribution in [3.05, 3.63) is 107 Å². The van der Waals surface area contributed by atoms with Gasteiger partial charge in [-0.25, -0.2) is 0 Å². The molecule has 0 amide bonds. The number of ketones is 1. The molecule has 0 aliphatic rings. The van der Waals surface area contributed by atoms with E-state index in [1.807, 2.05) is 38.1 Å². The summed E-state index contributed by atoms with van der Waals surface area (Å²) in [6.45, 7) is 3.71. The Balaban J connectivity index is 1.72. The van der Waals surface area contributed by atoms with E-state index in [-0.39, 0.29) is 22.5 Å². The summed E-state index contributed by atoms with van der Waals surface area (Å²) >= 11 is 0. The van der Waals surface area contributed by atoms with E-state index >= 15 is 0 Å². The van der Waals surface area contributed by atoms with Gasteiger partial charge in [-0.2, -0.15) is 13.4 Å². The van der Waals surface area contributed by atoms with Crippen LogP contribution in [-0.4, -0.2) is 28.4 Å². The molecule has 0 radical (unpaired) electrons. The van der Waals surface area contributed by atoms with Gasteiger partial charge in [0.1, 0.15) is 0 Å². The normalized spacial score (nSPS) is 11.9. The minimum absolute atomic E-state index is 0.0661. The van der Waals surface area contributed by atoms with Crippen molar-refractivity contribution in [3.63, 3.8) is 0 Å². The molecule has 0 aliphatic carbocycles. The maximum Gasteiger partial charge on any atom is 0.286 e. The molecular formula is C24H22N4O3S. The topological polar surface area (TPSA) is 108 Å². The van der Waals surface area contributed by atoms with Gasteiger partial charge < -0.3 is 5.73 Å². The predicted molar refractivity (Wildman–Crippen MR) is 122 cm³/mol. The minimum Gasteiger partial charge on any atom is -0.367 e. The van der Waals surface area contributed by atoms with Crippen LogP contribution in [0.15, 0.2) is 89.8 Å². The van der Waals surface area contributed by atoms with Gasteiger partial charge in [0.2, 0.25) is 5.95 Å². The van der Waals surface area contributed by atoms with E-state index < -0.39 is 15.4 Å². The fourth-order valence-electron chi connectivity index (χ4n) is 3.38. The Morgan fingerprint density at radius 1 is 0.875 bits per heavy atom. The molecule has 7 nitrogen and oxygen atoms in total. The lowest BCUT2D eigenvalue weighted by Gasteiger charge is -2.22. The summed E-state index contributed by atoms with van der Waals surface area (Å²) in [5, 5.41) is 4.25. The maximum atomic E-state index is 13.0. The van der Waals surface area contributed by atoms with Crippen LogP contribution in [0.2, 0.25) is 0 Å². The molecule has 3 aromatic carbocycles. The first-order chi connectivity index (χ1) is 15.2. The summed E-state index contributed by atoms with van der Waals surface area (Å²) < 4.78 is 26.7. The smallest absolute Gasteiger partial charge is 0.286 e. The van der Waals surface area contributed by atoms with E-state index in [0.717, 1.165) is 9.65 Å². The molecule has 0 saturated heterocycles. The maximum absolute atomic E-state index is 13.0. The second-order valence-electron chi connectivity index (χ2n) is 7.86. The van der Waals surface area contributed by atoms with Crippen molar-refractivity contribution in [1.29, 1.82) is 0 Å². The molecule has 2 N–H and O–H groups in total. The third kappa shape index (κ3) is 3.80. The molecule has 0 saturated carbocycles. The molecule has 162 valence electrons. The van der Waals surface area contributed by atoms with Crippen LogP contribution in [0.5, 0.6) is 0 Å². The number of hydrogen-bond donors (Lipinski definition) is 1. The van der Waals surface area contributed by atoms with Crippen LogP contribution >= 0.6 is 0 Å². The number of aromatic nitrogens is 3. The number of nitrogen functional groups attached to an aromatic ring is 1. The van der Waals surface area contributed by atoms with Gasteiger partial charge in [-0.05, 0) is 37.6 Å². The Hall–Kier alpha value is -3.78. The van der Waals surface area contributed by atoms with Crippen molar-refractivity contribution in [2.45, 2.75) is 24.2 Å². The number of nitrogens with two attached hydrogens (primary N) is 1. The Kier molecular flexibility index (Phi) is 5.40. The summed E-state index contributed by atoms with van der Waals surface area (Å²) in [6, 6.07) is 24.1. The van der Waals surface area contributed by atoms with Crippen LogP contribution in [-0.2, 0) is 15.4 Å². The third-order valence-electron chi connectivity index (χ3n) is 5.31. The van der Waals surface area contributed by atoms with E-state index in [4.69, 9.17) is 5.73 Å². The first kappa shape index (κ1) is 21.5. The highest BCUT2D eigenvalue weighted by atomic mass is 32.2. The molecule has 0 atom stereocenters. The van der Waals surface area contributed by atoms with Crippen molar-refractivity contribution in [2.75, 3.05) is 5.73 Å². The SMILES string of the molecule is CC(C)(c1cccc(C(=O)c2ccccc2)c1)c1nc(N)n(S(=O)(=O)c2ccccc2)n1. The molecule has 1 aromatic heterocycles. The van der Waals surface area contributed by atoms with Crippen molar-refractivity contribution < 1.29 is 13.2 Å². The van der Waals surface area contributed by atoms with Crippen LogP contribution in [0.4, 0.5) is 5.95 Å².